The van der Waals surface area contributed by atoms with Crippen LogP contribution in [0, 0.1) is 5.82 Å². The Balaban J connectivity index is 2.04. The summed E-state index contributed by atoms with van der Waals surface area (Å²) in [4.78, 5) is 6.40. The number of anilines is 1. The normalized spacial score (nSPS) is 15.9. The van der Waals surface area contributed by atoms with Crippen molar-refractivity contribution in [1.82, 2.24) is 0 Å². The number of aromatic hydroxyl groups is 1. The quantitative estimate of drug-likeness (QED) is 0.675. The SMILES string of the molecule is CCN1c2cc(F)c(C=Nc3ccc(Cl)cc3O)cc2C(C)=CC1(C)C. The second-order valence-corrected chi connectivity index (χ2v) is 7.44. The van der Waals surface area contributed by atoms with Crippen LogP contribution in [-0.4, -0.2) is 23.4 Å². The molecule has 1 N–H and O–H groups in total. The number of halogens is 2. The number of nitrogens with zero attached hydrogens (tertiary/aromatic N) is 2. The van der Waals surface area contributed by atoms with Gasteiger partial charge in [0.15, 0.2) is 0 Å². The van der Waals surface area contributed by atoms with Crippen LogP contribution in [0.15, 0.2) is 41.4 Å². The van der Waals surface area contributed by atoms with E-state index in [9.17, 15) is 9.50 Å². The highest BCUT2D eigenvalue weighted by Crippen LogP contribution is 2.39. The lowest BCUT2D eigenvalue weighted by atomic mass is 9.88. The van der Waals surface area contributed by atoms with Gasteiger partial charge in [0, 0.05) is 40.7 Å². The molecule has 0 amide bonds. The van der Waals surface area contributed by atoms with Crippen molar-refractivity contribution in [2.45, 2.75) is 33.2 Å². The van der Waals surface area contributed by atoms with E-state index >= 15 is 0 Å². The molecule has 0 aliphatic carbocycles. The number of hydrogen-bond acceptors (Lipinski definition) is 3. The molecule has 0 saturated carbocycles. The summed E-state index contributed by atoms with van der Waals surface area (Å²) in [5.74, 6) is -0.382. The molecule has 0 aromatic heterocycles. The molecule has 0 bridgehead atoms. The summed E-state index contributed by atoms with van der Waals surface area (Å²) in [6, 6.07) is 8.01. The molecule has 2 aromatic carbocycles. The number of aliphatic imine (C=N–C) groups is 1. The first-order valence-electron chi connectivity index (χ1n) is 8.56. The Morgan fingerprint density at radius 1 is 1.27 bits per heavy atom. The van der Waals surface area contributed by atoms with Gasteiger partial charge >= 0.3 is 0 Å². The molecule has 1 aliphatic heterocycles. The predicted molar refractivity (Wildman–Crippen MR) is 108 cm³/mol. The summed E-state index contributed by atoms with van der Waals surface area (Å²) in [6.07, 6.45) is 3.63. The van der Waals surface area contributed by atoms with E-state index in [0.717, 1.165) is 23.4 Å². The molecular weight excluding hydrogens is 351 g/mol. The van der Waals surface area contributed by atoms with E-state index in [1.165, 1.54) is 12.3 Å². The minimum absolute atomic E-state index is 0.0397. The minimum atomic E-state index is -0.343. The van der Waals surface area contributed by atoms with Gasteiger partial charge < -0.3 is 10.0 Å². The third-order valence-corrected chi connectivity index (χ3v) is 4.93. The van der Waals surface area contributed by atoms with Crippen molar-refractivity contribution in [3.8, 4) is 5.75 Å². The number of hydrogen-bond donors (Lipinski definition) is 1. The van der Waals surface area contributed by atoms with E-state index in [1.54, 1.807) is 18.2 Å². The Morgan fingerprint density at radius 3 is 2.65 bits per heavy atom. The Bertz CT molecular complexity index is 918. The summed E-state index contributed by atoms with van der Waals surface area (Å²) in [7, 11) is 0. The van der Waals surface area contributed by atoms with Gasteiger partial charge in [0.05, 0.1) is 5.54 Å². The average molecular weight is 373 g/mol. The zero-order valence-electron chi connectivity index (χ0n) is 15.3. The Kier molecular flexibility index (Phi) is 4.80. The number of fused-ring (bicyclic) bond motifs is 1. The molecule has 0 spiro atoms. The van der Waals surface area contributed by atoms with E-state index in [1.807, 2.05) is 13.0 Å². The van der Waals surface area contributed by atoms with Crippen molar-refractivity contribution < 1.29 is 9.50 Å². The number of phenols is 1. The first-order valence-corrected chi connectivity index (χ1v) is 8.94. The number of likely N-dealkylation sites (N-methyl/N-ethyl adjacent to an activating group) is 1. The van der Waals surface area contributed by atoms with E-state index in [2.05, 4.69) is 36.7 Å². The molecule has 0 fully saturated rings. The standard InChI is InChI=1S/C21H22ClFN2O/c1-5-25-19-10-17(23)14(8-16(19)13(2)11-21(25,3)4)12-24-18-7-6-15(22)9-20(18)26/h6-12,26H,5H2,1-4H3. The molecule has 1 aliphatic rings. The molecule has 1 heterocycles. The molecule has 0 unspecified atom stereocenters. The number of allylic oxidation sites excluding steroid dienone is 1. The summed E-state index contributed by atoms with van der Waals surface area (Å²) in [5.41, 5.74) is 3.55. The fourth-order valence-electron chi connectivity index (χ4n) is 3.54. The highest BCUT2D eigenvalue weighted by molar-refractivity contribution is 6.30. The lowest BCUT2D eigenvalue weighted by Gasteiger charge is -2.42. The van der Waals surface area contributed by atoms with Crippen LogP contribution in [-0.2, 0) is 0 Å². The molecule has 2 aromatic rings. The molecule has 0 saturated heterocycles. The van der Waals surface area contributed by atoms with Crippen molar-refractivity contribution >= 4 is 34.8 Å². The summed E-state index contributed by atoms with van der Waals surface area (Å²) in [6.45, 7) is 9.14. The molecule has 0 radical (unpaired) electrons. The van der Waals surface area contributed by atoms with Crippen LogP contribution in [0.2, 0.25) is 5.02 Å². The predicted octanol–water partition coefficient (Wildman–Crippen LogP) is 5.96. The smallest absolute Gasteiger partial charge is 0.142 e. The van der Waals surface area contributed by atoms with Gasteiger partial charge in [-0.3, -0.25) is 4.99 Å². The summed E-state index contributed by atoms with van der Waals surface area (Å²) < 4.78 is 14.7. The third kappa shape index (κ3) is 3.34. The fourth-order valence-corrected chi connectivity index (χ4v) is 3.70. The van der Waals surface area contributed by atoms with Gasteiger partial charge in [0.1, 0.15) is 17.3 Å². The van der Waals surface area contributed by atoms with Crippen LogP contribution >= 0.6 is 11.6 Å². The van der Waals surface area contributed by atoms with E-state index in [-0.39, 0.29) is 17.1 Å². The Morgan fingerprint density at radius 2 is 2.00 bits per heavy atom. The van der Waals surface area contributed by atoms with Crippen LogP contribution in [0.3, 0.4) is 0 Å². The van der Waals surface area contributed by atoms with Gasteiger partial charge in [-0.25, -0.2) is 4.39 Å². The summed E-state index contributed by atoms with van der Waals surface area (Å²) in [5, 5.41) is 10.3. The van der Waals surface area contributed by atoms with Gasteiger partial charge in [-0.15, -0.1) is 0 Å². The van der Waals surface area contributed by atoms with Gasteiger partial charge in [0.25, 0.3) is 0 Å². The average Bonchev–Trinajstić information content (AvgIpc) is 2.54. The first kappa shape index (κ1) is 18.5. The van der Waals surface area contributed by atoms with Crippen LogP contribution in [0.1, 0.15) is 38.8 Å². The van der Waals surface area contributed by atoms with Crippen LogP contribution in [0.25, 0.3) is 5.57 Å². The summed E-state index contributed by atoms with van der Waals surface area (Å²) >= 11 is 5.82. The lowest BCUT2D eigenvalue weighted by Crippen LogP contribution is -2.45. The zero-order valence-corrected chi connectivity index (χ0v) is 16.1. The topological polar surface area (TPSA) is 35.8 Å². The maximum absolute atomic E-state index is 14.7. The van der Waals surface area contributed by atoms with E-state index < -0.39 is 0 Å². The molecule has 3 nitrogen and oxygen atoms in total. The van der Waals surface area contributed by atoms with Crippen LogP contribution in [0.5, 0.6) is 5.75 Å². The van der Waals surface area contributed by atoms with Crippen LogP contribution < -0.4 is 4.90 Å². The van der Waals surface area contributed by atoms with Gasteiger partial charge in [-0.2, -0.15) is 0 Å². The van der Waals surface area contributed by atoms with Crippen LogP contribution in [0.4, 0.5) is 15.8 Å². The highest BCUT2D eigenvalue weighted by Gasteiger charge is 2.30. The highest BCUT2D eigenvalue weighted by atomic mass is 35.5. The Labute approximate surface area is 158 Å². The Hall–Kier alpha value is -2.33. The monoisotopic (exact) mass is 372 g/mol. The molecule has 5 heteroatoms. The molecule has 26 heavy (non-hydrogen) atoms. The van der Waals surface area contributed by atoms with E-state index in [0.29, 0.717) is 16.3 Å². The maximum Gasteiger partial charge on any atom is 0.142 e. The van der Waals surface area contributed by atoms with Gasteiger partial charge in [-0.05, 0) is 57.5 Å². The van der Waals surface area contributed by atoms with Gasteiger partial charge in [0.2, 0.25) is 0 Å². The lowest BCUT2D eigenvalue weighted by molar-refractivity contribution is 0.477. The van der Waals surface area contributed by atoms with E-state index in [4.69, 9.17) is 11.6 Å². The zero-order chi connectivity index (χ0) is 19.1. The number of benzene rings is 2. The van der Waals surface area contributed by atoms with Gasteiger partial charge in [-0.1, -0.05) is 17.7 Å². The largest absolute Gasteiger partial charge is 0.506 e. The number of rotatable bonds is 3. The van der Waals surface area contributed by atoms with Crippen molar-refractivity contribution in [3.63, 3.8) is 0 Å². The second-order valence-electron chi connectivity index (χ2n) is 7.01. The van der Waals surface area contributed by atoms with Crippen molar-refractivity contribution in [1.29, 1.82) is 0 Å². The molecule has 3 rings (SSSR count). The molecular formula is C21H22ClFN2O. The van der Waals surface area contributed by atoms with Crippen molar-refractivity contribution in [2.75, 3.05) is 11.4 Å². The van der Waals surface area contributed by atoms with Crippen molar-refractivity contribution in [2.24, 2.45) is 4.99 Å². The first-order chi connectivity index (χ1) is 12.2. The van der Waals surface area contributed by atoms with Crippen molar-refractivity contribution in [3.05, 3.63) is 58.4 Å². The second kappa shape index (κ2) is 6.76. The molecule has 136 valence electrons. The number of phenolic OH excluding ortho intramolecular Hbond substituents is 1. The third-order valence-electron chi connectivity index (χ3n) is 4.69. The minimum Gasteiger partial charge on any atom is -0.506 e. The fraction of sp³-hybridized carbons (Fsp3) is 0.286. The molecule has 0 atom stereocenters. The maximum atomic E-state index is 14.7.